The maximum Gasteiger partial charge on any atom is 0.273 e. The van der Waals surface area contributed by atoms with Crippen molar-refractivity contribution in [3.05, 3.63) is 28.3 Å². The zero-order valence-electron chi connectivity index (χ0n) is 18.5. The second kappa shape index (κ2) is 17.1. The molecular weight excluding hydrogens is 364 g/mol. The zero-order chi connectivity index (χ0) is 21.2. The van der Waals surface area contributed by atoms with E-state index < -0.39 is 4.92 Å². The number of nitrogens with zero attached hydrogens (tertiary/aromatic N) is 1. The van der Waals surface area contributed by atoms with Gasteiger partial charge in [-0.1, -0.05) is 103 Å². The molecular formula is C24H42N2O3. The van der Waals surface area contributed by atoms with Crippen molar-refractivity contribution in [2.24, 2.45) is 0 Å². The lowest BCUT2D eigenvalue weighted by atomic mass is 10.0. The van der Waals surface area contributed by atoms with Crippen LogP contribution in [-0.4, -0.2) is 11.5 Å². The summed E-state index contributed by atoms with van der Waals surface area (Å²) in [5.74, 6) is 0.417. The number of rotatable bonds is 19. The van der Waals surface area contributed by atoms with E-state index in [1.54, 1.807) is 0 Å². The quantitative estimate of drug-likeness (QED) is 0.110. The van der Waals surface area contributed by atoms with Crippen molar-refractivity contribution in [1.82, 2.24) is 0 Å². The van der Waals surface area contributed by atoms with Gasteiger partial charge in [-0.05, 0) is 12.5 Å². The Morgan fingerprint density at radius 3 is 1.69 bits per heavy atom. The van der Waals surface area contributed by atoms with Gasteiger partial charge >= 0.3 is 0 Å². The third-order valence-electron chi connectivity index (χ3n) is 5.46. The van der Waals surface area contributed by atoms with Crippen molar-refractivity contribution in [2.45, 2.75) is 110 Å². The first-order chi connectivity index (χ1) is 14.1. The molecule has 0 saturated carbocycles. The molecule has 0 unspecified atom stereocenters. The summed E-state index contributed by atoms with van der Waals surface area (Å²) in [7, 11) is 0. The van der Waals surface area contributed by atoms with Gasteiger partial charge in [-0.2, -0.15) is 0 Å². The van der Waals surface area contributed by atoms with Crippen LogP contribution in [0.5, 0.6) is 5.75 Å². The smallest absolute Gasteiger partial charge is 0.273 e. The molecule has 0 heterocycles. The van der Waals surface area contributed by atoms with Gasteiger partial charge in [-0.15, -0.1) is 0 Å². The van der Waals surface area contributed by atoms with Gasteiger partial charge in [0.2, 0.25) is 0 Å². The molecule has 166 valence electrons. The van der Waals surface area contributed by atoms with Crippen molar-refractivity contribution in [2.75, 3.05) is 12.3 Å². The molecule has 0 saturated heterocycles. The number of ether oxygens (including phenoxy) is 1. The largest absolute Gasteiger partial charge is 0.491 e. The fourth-order valence-electron chi connectivity index (χ4n) is 3.59. The lowest BCUT2D eigenvalue weighted by molar-refractivity contribution is -0.384. The molecule has 0 atom stereocenters. The Kier molecular flexibility index (Phi) is 14.9. The Morgan fingerprint density at radius 2 is 1.24 bits per heavy atom. The fourth-order valence-corrected chi connectivity index (χ4v) is 3.59. The monoisotopic (exact) mass is 406 g/mol. The van der Waals surface area contributed by atoms with Gasteiger partial charge in [0.25, 0.3) is 5.69 Å². The van der Waals surface area contributed by atoms with Gasteiger partial charge < -0.3 is 10.5 Å². The van der Waals surface area contributed by atoms with E-state index >= 15 is 0 Å². The van der Waals surface area contributed by atoms with Crippen LogP contribution in [0.3, 0.4) is 0 Å². The van der Waals surface area contributed by atoms with Gasteiger partial charge in [0.05, 0.1) is 23.3 Å². The summed E-state index contributed by atoms with van der Waals surface area (Å²) in [4.78, 5) is 10.4. The van der Waals surface area contributed by atoms with Crippen LogP contribution in [0.15, 0.2) is 18.2 Å². The number of benzene rings is 1. The normalized spacial score (nSPS) is 10.9. The number of hydrogen-bond donors (Lipinski definition) is 1. The number of unbranched alkanes of at least 4 members (excludes halogenated alkanes) is 15. The lowest BCUT2D eigenvalue weighted by Crippen LogP contribution is -2.01. The van der Waals surface area contributed by atoms with E-state index in [1.807, 2.05) is 0 Å². The first kappa shape index (κ1) is 25.3. The molecule has 1 aromatic carbocycles. The van der Waals surface area contributed by atoms with Gasteiger partial charge in [-0.3, -0.25) is 10.1 Å². The van der Waals surface area contributed by atoms with Crippen LogP contribution in [0, 0.1) is 10.1 Å². The van der Waals surface area contributed by atoms with E-state index in [4.69, 9.17) is 10.5 Å². The van der Waals surface area contributed by atoms with E-state index in [9.17, 15) is 10.1 Å². The second-order valence-electron chi connectivity index (χ2n) is 8.13. The summed E-state index contributed by atoms with van der Waals surface area (Å²) in [6, 6.07) is 4.33. The van der Waals surface area contributed by atoms with Crippen LogP contribution in [0.1, 0.15) is 110 Å². The molecule has 29 heavy (non-hydrogen) atoms. The van der Waals surface area contributed by atoms with E-state index in [0.29, 0.717) is 18.0 Å². The molecule has 0 aliphatic carbocycles. The van der Waals surface area contributed by atoms with E-state index in [2.05, 4.69) is 6.92 Å². The summed E-state index contributed by atoms with van der Waals surface area (Å²) in [6.07, 6.45) is 21.3. The summed E-state index contributed by atoms with van der Waals surface area (Å²) < 4.78 is 5.62. The summed E-state index contributed by atoms with van der Waals surface area (Å²) in [6.45, 7) is 2.83. The number of nitrogens with two attached hydrogens (primary N) is 1. The number of non-ortho nitro benzene ring substituents is 1. The predicted molar refractivity (Wildman–Crippen MR) is 123 cm³/mol. The van der Waals surface area contributed by atoms with Gasteiger partial charge in [-0.25, -0.2) is 0 Å². The number of nitro benzene ring substituents is 1. The minimum Gasteiger partial charge on any atom is -0.491 e. The highest BCUT2D eigenvalue weighted by Crippen LogP contribution is 2.27. The van der Waals surface area contributed by atoms with Crippen LogP contribution < -0.4 is 10.5 Å². The Balaban J connectivity index is 1.87. The maximum atomic E-state index is 10.8. The van der Waals surface area contributed by atoms with Crippen molar-refractivity contribution in [3.63, 3.8) is 0 Å². The molecule has 0 bridgehead atoms. The molecule has 2 N–H and O–H groups in total. The molecule has 0 aromatic heterocycles. The summed E-state index contributed by atoms with van der Waals surface area (Å²) >= 11 is 0. The highest BCUT2D eigenvalue weighted by atomic mass is 16.6. The average Bonchev–Trinajstić information content (AvgIpc) is 2.71. The average molecular weight is 407 g/mol. The minimum atomic E-state index is -0.430. The molecule has 0 radical (unpaired) electrons. The highest BCUT2D eigenvalue weighted by Gasteiger charge is 2.09. The molecule has 1 aromatic rings. The molecule has 0 fully saturated rings. The van der Waals surface area contributed by atoms with Crippen LogP contribution in [-0.2, 0) is 0 Å². The van der Waals surface area contributed by atoms with Crippen LogP contribution in [0.4, 0.5) is 11.4 Å². The van der Waals surface area contributed by atoms with Gasteiger partial charge in [0.15, 0.2) is 0 Å². The number of nitro groups is 1. The molecule has 0 amide bonds. The minimum absolute atomic E-state index is 0.0150. The van der Waals surface area contributed by atoms with E-state index in [1.165, 1.54) is 108 Å². The Hall–Kier alpha value is -1.78. The SMILES string of the molecule is CCCCCCCCCCCCCCCCCCOc1cc([N+](=O)[O-])ccc1N. The molecule has 1 rings (SSSR count). The fraction of sp³-hybridized carbons (Fsp3) is 0.750. The van der Waals surface area contributed by atoms with Crippen molar-refractivity contribution in [3.8, 4) is 5.75 Å². The molecule has 5 heteroatoms. The van der Waals surface area contributed by atoms with Gasteiger partial charge in [0, 0.05) is 6.07 Å². The Morgan fingerprint density at radius 1 is 0.793 bits per heavy atom. The number of anilines is 1. The van der Waals surface area contributed by atoms with Crippen molar-refractivity contribution in [1.29, 1.82) is 0 Å². The van der Waals surface area contributed by atoms with E-state index in [-0.39, 0.29) is 5.69 Å². The third-order valence-corrected chi connectivity index (χ3v) is 5.46. The Bertz CT molecular complexity index is 549. The van der Waals surface area contributed by atoms with E-state index in [0.717, 1.165) is 12.8 Å². The highest BCUT2D eigenvalue weighted by molar-refractivity contribution is 5.57. The molecule has 0 spiro atoms. The third kappa shape index (κ3) is 13.1. The topological polar surface area (TPSA) is 78.4 Å². The molecule has 0 aliphatic heterocycles. The second-order valence-corrected chi connectivity index (χ2v) is 8.13. The number of nitrogen functional groups attached to an aromatic ring is 1. The Labute approximate surface area is 177 Å². The zero-order valence-corrected chi connectivity index (χ0v) is 18.5. The molecule has 0 aliphatic rings. The summed E-state index contributed by atoms with van der Waals surface area (Å²) in [5, 5.41) is 10.8. The van der Waals surface area contributed by atoms with Crippen LogP contribution in [0.2, 0.25) is 0 Å². The summed E-state index contributed by atoms with van der Waals surface area (Å²) in [5.41, 5.74) is 6.28. The maximum absolute atomic E-state index is 10.8. The number of hydrogen-bond acceptors (Lipinski definition) is 4. The van der Waals surface area contributed by atoms with Crippen molar-refractivity contribution < 1.29 is 9.66 Å². The van der Waals surface area contributed by atoms with Crippen molar-refractivity contribution >= 4 is 11.4 Å². The lowest BCUT2D eigenvalue weighted by Gasteiger charge is -2.08. The molecule has 5 nitrogen and oxygen atoms in total. The first-order valence-corrected chi connectivity index (χ1v) is 11.8. The predicted octanol–water partition coefficient (Wildman–Crippen LogP) is 7.82. The standard InChI is InChI=1S/C24H42N2O3/c1-2-3-4-5-6-7-8-9-10-11-12-13-14-15-16-17-20-29-24-21-22(26(27)28)18-19-23(24)25/h18-19,21H,2-17,20,25H2,1H3. The van der Waals surface area contributed by atoms with Crippen LogP contribution in [0.25, 0.3) is 0 Å². The first-order valence-electron chi connectivity index (χ1n) is 11.8. The van der Waals surface area contributed by atoms with Gasteiger partial charge in [0.1, 0.15) is 5.75 Å². The van der Waals surface area contributed by atoms with Crippen LogP contribution >= 0.6 is 0 Å².